The van der Waals surface area contributed by atoms with Crippen LogP contribution in [0.15, 0.2) is 59.1 Å². The highest BCUT2D eigenvalue weighted by atomic mass is 127. The van der Waals surface area contributed by atoms with Crippen molar-refractivity contribution in [3.8, 4) is 0 Å². The van der Waals surface area contributed by atoms with Gasteiger partial charge >= 0.3 is 5.97 Å². The van der Waals surface area contributed by atoms with Gasteiger partial charge in [0.05, 0.1) is 29.0 Å². The number of carbonyl (C=O) groups excluding carboxylic acids is 2. The standard InChI is InChI=1S/C21H22INO5S/c1-4-5-17(13-29(26,27)18-9-6-15(2)7-10-18)23(14-24)20-11-8-16(12-19(20)22)21(25)28-3/h5-12,14H,4,13H2,1-3H3/b17-5+. The maximum Gasteiger partial charge on any atom is 0.337 e. The zero-order chi connectivity index (χ0) is 21.6. The molecule has 0 N–H and O–H groups in total. The molecule has 2 aromatic rings. The lowest BCUT2D eigenvalue weighted by molar-refractivity contribution is -0.107. The minimum atomic E-state index is -3.65. The molecule has 0 atom stereocenters. The minimum absolute atomic E-state index is 0.201. The van der Waals surface area contributed by atoms with E-state index in [9.17, 15) is 18.0 Å². The summed E-state index contributed by atoms with van der Waals surface area (Å²) in [6.07, 6.45) is 2.85. The van der Waals surface area contributed by atoms with Crippen molar-refractivity contribution >= 4 is 50.5 Å². The Labute approximate surface area is 184 Å². The molecule has 8 heteroatoms. The van der Waals surface area contributed by atoms with Crippen LogP contribution >= 0.6 is 22.6 Å². The second-order valence-corrected chi connectivity index (χ2v) is 9.46. The Morgan fingerprint density at radius 2 is 1.83 bits per heavy atom. The summed E-state index contributed by atoms with van der Waals surface area (Å²) in [5.74, 6) is -0.810. The van der Waals surface area contributed by atoms with Crippen LogP contribution in [0, 0.1) is 10.5 Å². The van der Waals surface area contributed by atoms with Gasteiger partial charge in [-0.25, -0.2) is 13.2 Å². The fraction of sp³-hybridized carbons (Fsp3) is 0.238. The number of anilines is 1. The van der Waals surface area contributed by atoms with Crippen LogP contribution in [-0.2, 0) is 19.4 Å². The topological polar surface area (TPSA) is 80.8 Å². The Bertz CT molecular complexity index is 1030. The number of methoxy groups -OCH3 is 1. The molecule has 0 heterocycles. The summed E-state index contributed by atoms with van der Waals surface area (Å²) in [7, 11) is -2.35. The van der Waals surface area contributed by atoms with Gasteiger partial charge in [-0.1, -0.05) is 30.7 Å². The minimum Gasteiger partial charge on any atom is -0.465 e. The Kier molecular flexibility index (Phi) is 7.97. The number of aryl methyl sites for hydroxylation is 1. The zero-order valence-electron chi connectivity index (χ0n) is 16.4. The van der Waals surface area contributed by atoms with Crippen molar-refractivity contribution in [1.29, 1.82) is 0 Å². The molecule has 0 saturated carbocycles. The van der Waals surface area contributed by atoms with Crippen LogP contribution in [0.3, 0.4) is 0 Å². The van der Waals surface area contributed by atoms with E-state index < -0.39 is 15.8 Å². The van der Waals surface area contributed by atoms with Crippen molar-refractivity contribution in [2.45, 2.75) is 25.2 Å². The number of amides is 1. The number of ether oxygens (including phenoxy) is 1. The first-order valence-corrected chi connectivity index (χ1v) is 11.6. The molecule has 0 aliphatic carbocycles. The van der Waals surface area contributed by atoms with Crippen LogP contribution in [0.1, 0.15) is 29.3 Å². The zero-order valence-corrected chi connectivity index (χ0v) is 19.4. The molecule has 0 aromatic heterocycles. The fourth-order valence-electron chi connectivity index (χ4n) is 2.71. The number of carbonyl (C=O) groups is 2. The predicted molar refractivity (Wildman–Crippen MR) is 121 cm³/mol. The SMILES string of the molecule is CC/C=C(\CS(=O)(=O)c1ccc(C)cc1)N(C=O)c1ccc(C(=O)OC)cc1I. The summed E-state index contributed by atoms with van der Waals surface area (Å²) in [6.45, 7) is 3.75. The molecule has 0 aliphatic heterocycles. The molecule has 0 aliphatic rings. The van der Waals surface area contributed by atoms with Crippen LogP contribution in [0.5, 0.6) is 0 Å². The van der Waals surface area contributed by atoms with E-state index >= 15 is 0 Å². The van der Waals surface area contributed by atoms with Gasteiger partial charge in [0.15, 0.2) is 9.84 Å². The molecule has 1 amide bonds. The summed E-state index contributed by atoms with van der Waals surface area (Å²) < 4.78 is 31.1. The van der Waals surface area contributed by atoms with Gasteiger partial charge in [-0.2, -0.15) is 0 Å². The molecule has 154 valence electrons. The quantitative estimate of drug-likeness (QED) is 0.293. The molecule has 0 bridgehead atoms. The number of esters is 1. The third kappa shape index (κ3) is 5.66. The first-order chi connectivity index (χ1) is 13.7. The molecule has 2 rings (SSSR count). The molecule has 2 aromatic carbocycles. The van der Waals surface area contributed by atoms with Crippen molar-refractivity contribution < 1.29 is 22.7 Å². The summed E-state index contributed by atoms with van der Waals surface area (Å²) in [4.78, 5) is 25.1. The molecule has 0 unspecified atom stereocenters. The smallest absolute Gasteiger partial charge is 0.337 e. The number of hydrogen-bond donors (Lipinski definition) is 0. The number of allylic oxidation sites excluding steroid dienone is 1. The number of sulfone groups is 1. The average Bonchev–Trinajstić information content (AvgIpc) is 2.69. The number of rotatable bonds is 8. The van der Waals surface area contributed by atoms with Gasteiger partial charge in [0.1, 0.15) is 0 Å². The van der Waals surface area contributed by atoms with Crippen molar-refractivity contribution in [1.82, 2.24) is 0 Å². The number of benzene rings is 2. The molecular formula is C21H22INO5S. The molecule has 6 nitrogen and oxygen atoms in total. The molecule has 0 saturated heterocycles. The van der Waals surface area contributed by atoms with E-state index in [-0.39, 0.29) is 10.6 Å². The van der Waals surface area contributed by atoms with Gasteiger partial charge in [-0.05, 0) is 66.3 Å². The van der Waals surface area contributed by atoms with Crippen LogP contribution in [0.4, 0.5) is 5.69 Å². The first kappa shape index (κ1) is 23.1. The lowest BCUT2D eigenvalue weighted by Crippen LogP contribution is -2.27. The van der Waals surface area contributed by atoms with E-state index in [0.717, 1.165) is 5.56 Å². The van der Waals surface area contributed by atoms with Gasteiger partial charge in [0.2, 0.25) is 6.41 Å². The highest BCUT2D eigenvalue weighted by molar-refractivity contribution is 14.1. The van der Waals surface area contributed by atoms with E-state index in [2.05, 4.69) is 0 Å². The van der Waals surface area contributed by atoms with Gasteiger partial charge in [-0.3, -0.25) is 9.69 Å². The largest absolute Gasteiger partial charge is 0.465 e. The van der Waals surface area contributed by atoms with E-state index in [1.165, 1.54) is 18.1 Å². The Hall–Kier alpha value is -2.20. The molecule has 0 radical (unpaired) electrons. The molecule has 0 spiro atoms. The van der Waals surface area contributed by atoms with Gasteiger partial charge < -0.3 is 4.74 Å². The van der Waals surface area contributed by atoms with E-state index in [4.69, 9.17) is 4.74 Å². The first-order valence-electron chi connectivity index (χ1n) is 8.84. The van der Waals surface area contributed by atoms with Crippen LogP contribution < -0.4 is 4.90 Å². The lowest BCUT2D eigenvalue weighted by atomic mass is 10.2. The number of nitrogens with zero attached hydrogens (tertiary/aromatic N) is 1. The predicted octanol–water partition coefficient (Wildman–Crippen LogP) is 4.12. The van der Waals surface area contributed by atoms with Gasteiger partial charge in [0.25, 0.3) is 0 Å². The van der Waals surface area contributed by atoms with E-state index in [1.54, 1.807) is 42.5 Å². The maximum absolute atomic E-state index is 12.9. The Morgan fingerprint density at radius 1 is 1.17 bits per heavy atom. The molecule has 0 fully saturated rings. The van der Waals surface area contributed by atoms with Crippen molar-refractivity contribution in [3.63, 3.8) is 0 Å². The number of hydrogen-bond acceptors (Lipinski definition) is 5. The van der Waals surface area contributed by atoms with Crippen LogP contribution in [-0.4, -0.2) is 33.7 Å². The van der Waals surface area contributed by atoms with Crippen LogP contribution in [0.2, 0.25) is 0 Å². The Balaban J connectivity index is 2.42. The fourth-order valence-corrected chi connectivity index (χ4v) is 4.85. The van der Waals surface area contributed by atoms with Crippen molar-refractivity contribution in [2.75, 3.05) is 17.8 Å². The normalized spacial score (nSPS) is 11.8. The van der Waals surface area contributed by atoms with E-state index in [1.807, 2.05) is 36.4 Å². The summed E-state index contributed by atoms with van der Waals surface area (Å²) in [6, 6.07) is 11.3. The maximum atomic E-state index is 12.9. The highest BCUT2D eigenvalue weighted by Crippen LogP contribution is 2.28. The van der Waals surface area contributed by atoms with Gasteiger partial charge in [0, 0.05) is 9.27 Å². The van der Waals surface area contributed by atoms with Crippen molar-refractivity contribution in [3.05, 3.63) is 68.9 Å². The summed E-state index contributed by atoms with van der Waals surface area (Å²) in [5.41, 5.74) is 2.15. The second-order valence-electron chi connectivity index (χ2n) is 6.31. The summed E-state index contributed by atoms with van der Waals surface area (Å²) >= 11 is 2.00. The summed E-state index contributed by atoms with van der Waals surface area (Å²) in [5, 5.41) is 0. The van der Waals surface area contributed by atoms with Crippen molar-refractivity contribution in [2.24, 2.45) is 0 Å². The van der Waals surface area contributed by atoms with E-state index in [0.29, 0.717) is 33.3 Å². The molecule has 29 heavy (non-hydrogen) atoms. The highest BCUT2D eigenvalue weighted by Gasteiger charge is 2.23. The monoisotopic (exact) mass is 527 g/mol. The third-order valence-electron chi connectivity index (χ3n) is 4.20. The van der Waals surface area contributed by atoms with Crippen LogP contribution in [0.25, 0.3) is 0 Å². The number of halogens is 1. The molecular weight excluding hydrogens is 505 g/mol. The average molecular weight is 527 g/mol. The lowest BCUT2D eigenvalue weighted by Gasteiger charge is -2.23. The third-order valence-corrected chi connectivity index (χ3v) is 6.73. The second kappa shape index (κ2) is 10.0. The Morgan fingerprint density at radius 3 is 2.34 bits per heavy atom. The van der Waals surface area contributed by atoms with Gasteiger partial charge in [-0.15, -0.1) is 0 Å².